The van der Waals surface area contributed by atoms with Crippen molar-refractivity contribution in [2.75, 3.05) is 7.11 Å². The molecule has 4 heteroatoms. The molecule has 4 fully saturated rings. The van der Waals surface area contributed by atoms with Crippen LogP contribution in [0.2, 0.25) is 0 Å². The van der Waals surface area contributed by atoms with E-state index in [2.05, 4.69) is 19.2 Å². The Hall–Kier alpha value is -0.770. The van der Waals surface area contributed by atoms with Crippen LogP contribution in [0.4, 0.5) is 4.79 Å². The van der Waals surface area contributed by atoms with Crippen molar-refractivity contribution in [3.8, 4) is 0 Å². The molecule has 25 heavy (non-hydrogen) atoms. The van der Waals surface area contributed by atoms with Gasteiger partial charge in [-0.05, 0) is 92.3 Å². The van der Waals surface area contributed by atoms with E-state index < -0.39 is 0 Å². The molecule has 1 amide bonds. The normalized spacial score (nSPS) is 51.8. The number of hydrogen-bond acceptors (Lipinski definition) is 3. The number of aliphatic hydroxyl groups is 1. The van der Waals surface area contributed by atoms with Gasteiger partial charge in [0.25, 0.3) is 0 Å². The summed E-state index contributed by atoms with van der Waals surface area (Å²) in [6.07, 6.45) is 10.3. The largest absolute Gasteiger partial charge is 0.453 e. The number of rotatable bonds is 1. The van der Waals surface area contributed by atoms with Crippen molar-refractivity contribution in [1.29, 1.82) is 0 Å². The highest BCUT2D eigenvalue weighted by molar-refractivity contribution is 5.67. The predicted octanol–water partition coefficient (Wildman–Crippen LogP) is 4.11. The van der Waals surface area contributed by atoms with Gasteiger partial charge in [0.15, 0.2) is 0 Å². The lowest BCUT2D eigenvalue weighted by atomic mass is 9.45. The maximum atomic E-state index is 11.8. The Labute approximate surface area is 152 Å². The van der Waals surface area contributed by atoms with Crippen molar-refractivity contribution in [3.05, 3.63) is 0 Å². The van der Waals surface area contributed by atoms with E-state index in [-0.39, 0.29) is 23.7 Å². The number of carbonyl (C=O) groups is 1. The summed E-state index contributed by atoms with van der Waals surface area (Å²) in [5.74, 6) is 3.07. The molecule has 0 radical (unpaired) electrons. The maximum Gasteiger partial charge on any atom is 0.407 e. The van der Waals surface area contributed by atoms with Gasteiger partial charge in [-0.1, -0.05) is 13.8 Å². The molecule has 4 nitrogen and oxygen atoms in total. The van der Waals surface area contributed by atoms with Crippen molar-refractivity contribution in [2.24, 2.45) is 34.5 Å². The van der Waals surface area contributed by atoms with Crippen LogP contribution in [0.3, 0.4) is 0 Å². The van der Waals surface area contributed by atoms with Crippen LogP contribution in [-0.4, -0.2) is 30.5 Å². The van der Waals surface area contributed by atoms with Gasteiger partial charge in [0.2, 0.25) is 0 Å². The van der Waals surface area contributed by atoms with Crippen LogP contribution in [0.25, 0.3) is 0 Å². The van der Waals surface area contributed by atoms with Gasteiger partial charge in [0.05, 0.1) is 13.2 Å². The number of aliphatic hydroxyl groups excluding tert-OH is 1. The molecule has 0 saturated heterocycles. The molecular formula is C21H35NO3. The zero-order valence-corrected chi connectivity index (χ0v) is 16.1. The molecule has 0 aromatic rings. The van der Waals surface area contributed by atoms with E-state index in [1.165, 1.54) is 45.6 Å². The van der Waals surface area contributed by atoms with Crippen molar-refractivity contribution < 1.29 is 14.6 Å². The van der Waals surface area contributed by atoms with Gasteiger partial charge < -0.3 is 15.2 Å². The topological polar surface area (TPSA) is 58.6 Å². The van der Waals surface area contributed by atoms with E-state index in [1.807, 2.05) is 0 Å². The average Bonchev–Trinajstić information content (AvgIpc) is 2.92. The Bertz CT molecular complexity index is 537. The Morgan fingerprint density at radius 1 is 1.00 bits per heavy atom. The second-order valence-electron chi connectivity index (χ2n) is 9.90. The molecule has 2 N–H and O–H groups in total. The van der Waals surface area contributed by atoms with Gasteiger partial charge >= 0.3 is 6.09 Å². The third kappa shape index (κ3) is 2.62. The Morgan fingerprint density at radius 3 is 2.48 bits per heavy atom. The molecule has 8 atom stereocenters. The van der Waals surface area contributed by atoms with E-state index in [0.29, 0.717) is 11.3 Å². The van der Waals surface area contributed by atoms with Gasteiger partial charge in [-0.15, -0.1) is 0 Å². The van der Waals surface area contributed by atoms with E-state index in [4.69, 9.17) is 4.74 Å². The highest BCUT2D eigenvalue weighted by Crippen LogP contribution is 2.66. The quantitative estimate of drug-likeness (QED) is 0.749. The minimum atomic E-state index is -0.272. The van der Waals surface area contributed by atoms with E-state index in [1.54, 1.807) is 0 Å². The number of methoxy groups -OCH3 is 1. The molecule has 0 aromatic heterocycles. The lowest BCUT2D eigenvalue weighted by Gasteiger charge is -2.60. The number of hydrogen-bond donors (Lipinski definition) is 2. The van der Waals surface area contributed by atoms with E-state index in [9.17, 15) is 9.90 Å². The minimum Gasteiger partial charge on any atom is -0.453 e. The monoisotopic (exact) mass is 349 g/mol. The molecule has 4 aliphatic rings. The minimum absolute atomic E-state index is 0.0661. The second-order valence-corrected chi connectivity index (χ2v) is 9.90. The molecule has 0 bridgehead atoms. The van der Waals surface area contributed by atoms with Crippen LogP contribution in [-0.2, 0) is 4.74 Å². The molecule has 142 valence electrons. The van der Waals surface area contributed by atoms with Crippen LogP contribution in [0.15, 0.2) is 0 Å². The summed E-state index contributed by atoms with van der Waals surface area (Å²) in [7, 11) is 1.46. The molecule has 0 aromatic carbocycles. The number of alkyl carbamates (subject to hydrolysis) is 1. The van der Waals surface area contributed by atoms with Crippen molar-refractivity contribution in [2.45, 2.75) is 83.8 Å². The van der Waals surface area contributed by atoms with Crippen molar-refractivity contribution >= 4 is 6.09 Å². The molecule has 4 saturated carbocycles. The van der Waals surface area contributed by atoms with E-state index in [0.717, 1.165) is 37.0 Å². The van der Waals surface area contributed by atoms with Crippen molar-refractivity contribution in [1.82, 2.24) is 5.32 Å². The fraction of sp³-hybridized carbons (Fsp3) is 0.952. The van der Waals surface area contributed by atoms with E-state index >= 15 is 0 Å². The Morgan fingerprint density at radius 2 is 1.72 bits per heavy atom. The lowest BCUT2D eigenvalue weighted by molar-refractivity contribution is -0.123. The highest BCUT2D eigenvalue weighted by Gasteiger charge is 2.60. The fourth-order valence-corrected chi connectivity index (χ4v) is 7.67. The number of fused-ring (bicyclic) bond motifs is 5. The zero-order chi connectivity index (χ0) is 17.8. The van der Waals surface area contributed by atoms with Crippen LogP contribution < -0.4 is 5.32 Å². The number of ether oxygens (including phenoxy) is 1. The summed E-state index contributed by atoms with van der Waals surface area (Å²) in [6, 6.07) is 0.268. The summed E-state index contributed by atoms with van der Waals surface area (Å²) >= 11 is 0. The average molecular weight is 350 g/mol. The zero-order valence-electron chi connectivity index (χ0n) is 16.1. The van der Waals surface area contributed by atoms with Gasteiger partial charge in [-0.25, -0.2) is 4.79 Å². The molecular weight excluding hydrogens is 314 g/mol. The number of amides is 1. The van der Waals surface area contributed by atoms with Gasteiger partial charge in [0, 0.05) is 6.04 Å². The Balaban J connectivity index is 1.55. The third-order valence-corrected chi connectivity index (χ3v) is 9.12. The second kappa shape index (κ2) is 6.14. The summed E-state index contributed by atoms with van der Waals surface area (Å²) in [4.78, 5) is 11.8. The summed E-state index contributed by atoms with van der Waals surface area (Å²) in [6.45, 7) is 4.95. The first kappa shape index (κ1) is 17.6. The van der Waals surface area contributed by atoms with Gasteiger partial charge in [-0.2, -0.15) is 0 Å². The summed E-state index contributed by atoms with van der Waals surface area (Å²) < 4.78 is 4.87. The van der Waals surface area contributed by atoms with Gasteiger partial charge in [-0.3, -0.25) is 0 Å². The SMILES string of the molecule is COC(=O)NC1CCC2C3CCC4CC(O)CCC4(C)C3CCC12C. The molecule has 4 aliphatic carbocycles. The number of nitrogens with one attached hydrogen (secondary N) is 1. The summed E-state index contributed by atoms with van der Waals surface area (Å²) in [5, 5.41) is 13.3. The van der Waals surface area contributed by atoms with Crippen LogP contribution >= 0.6 is 0 Å². The van der Waals surface area contributed by atoms with Crippen LogP contribution in [0.5, 0.6) is 0 Å². The molecule has 0 heterocycles. The first-order valence-electron chi connectivity index (χ1n) is 10.4. The van der Waals surface area contributed by atoms with Crippen molar-refractivity contribution in [3.63, 3.8) is 0 Å². The molecule has 0 aliphatic heterocycles. The predicted molar refractivity (Wildman–Crippen MR) is 97.1 cm³/mol. The maximum absolute atomic E-state index is 11.8. The Kier molecular flexibility index (Phi) is 4.33. The highest BCUT2D eigenvalue weighted by atomic mass is 16.5. The third-order valence-electron chi connectivity index (χ3n) is 9.12. The smallest absolute Gasteiger partial charge is 0.407 e. The fourth-order valence-electron chi connectivity index (χ4n) is 7.67. The first-order chi connectivity index (χ1) is 11.9. The molecule has 4 rings (SSSR count). The lowest BCUT2D eigenvalue weighted by Crippen LogP contribution is -2.56. The molecule has 0 spiro atoms. The summed E-state index contributed by atoms with van der Waals surface area (Å²) in [5.41, 5.74) is 0.657. The first-order valence-corrected chi connectivity index (χ1v) is 10.4. The standard InChI is InChI=1S/C21H35NO3/c1-20-10-8-14(23)12-13(20)4-5-15-16-6-7-18(22-19(24)25-3)21(16,2)11-9-17(15)20/h13-18,23H,4-12H2,1-3H3,(H,22,24). The van der Waals surface area contributed by atoms with Gasteiger partial charge in [0.1, 0.15) is 0 Å². The van der Waals surface area contributed by atoms with Crippen LogP contribution in [0.1, 0.15) is 71.6 Å². The van der Waals surface area contributed by atoms with Crippen LogP contribution in [0, 0.1) is 34.5 Å². The molecule has 8 unspecified atom stereocenters. The number of carbonyl (C=O) groups excluding carboxylic acids is 1.